The summed E-state index contributed by atoms with van der Waals surface area (Å²) in [5, 5.41) is 28.1. The van der Waals surface area contributed by atoms with E-state index < -0.39 is 0 Å². The van der Waals surface area contributed by atoms with E-state index in [4.69, 9.17) is 4.42 Å². The molecule has 258 valence electrons. The average Bonchev–Trinajstić information content (AvgIpc) is 3.99. The first-order valence-corrected chi connectivity index (χ1v) is 18.5. The number of nitriles is 2. The highest BCUT2D eigenvalue weighted by Crippen LogP contribution is 2.43. The van der Waals surface area contributed by atoms with Crippen molar-refractivity contribution in [3.8, 4) is 29.2 Å². The van der Waals surface area contributed by atoms with Gasteiger partial charge in [0.1, 0.15) is 11.2 Å². The second-order valence-corrected chi connectivity index (χ2v) is 14.4. The number of benzene rings is 8. The Morgan fingerprint density at radius 1 is 0.339 bits per heavy atom. The van der Waals surface area contributed by atoms with Crippen molar-refractivity contribution in [1.29, 1.82) is 10.5 Å². The lowest BCUT2D eigenvalue weighted by molar-refractivity contribution is 0.669. The third kappa shape index (κ3) is 4.07. The summed E-state index contributed by atoms with van der Waals surface area (Å²) in [5.74, 6) is 0. The highest BCUT2D eigenvalue weighted by molar-refractivity contribution is 6.24. The fourth-order valence-corrected chi connectivity index (χ4v) is 9.09. The first kappa shape index (κ1) is 30.4. The molecule has 0 bridgehead atoms. The minimum atomic E-state index is 0.578. The Labute approximate surface area is 319 Å². The first-order chi connectivity index (χ1) is 27.7. The smallest absolute Gasteiger partial charge is 0.135 e. The molecule has 12 aromatic rings. The number of rotatable bonds is 3. The number of aromatic nitrogens is 3. The molecule has 0 unspecified atom stereocenters. The number of para-hydroxylation sites is 3. The Hall–Kier alpha value is -8.06. The third-order valence-corrected chi connectivity index (χ3v) is 11.5. The Kier molecular flexibility index (Phi) is 6.10. The van der Waals surface area contributed by atoms with Crippen LogP contribution in [0.4, 0.5) is 0 Å². The number of furan rings is 1. The van der Waals surface area contributed by atoms with E-state index in [0.29, 0.717) is 11.1 Å². The van der Waals surface area contributed by atoms with E-state index in [9.17, 15) is 10.5 Å². The molecule has 0 aliphatic rings. The van der Waals surface area contributed by atoms with Gasteiger partial charge in [0, 0.05) is 60.2 Å². The Bertz CT molecular complexity index is 3660. The van der Waals surface area contributed by atoms with E-state index in [-0.39, 0.29) is 0 Å². The van der Waals surface area contributed by atoms with Crippen molar-refractivity contribution in [2.75, 3.05) is 0 Å². The molecule has 56 heavy (non-hydrogen) atoms. The van der Waals surface area contributed by atoms with Gasteiger partial charge in [-0.2, -0.15) is 10.5 Å². The highest BCUT2D eigenvalue weighted by Gasteiger charge is 2.22. The van der Waals surface area contributed by atoms with Crippen molar-refractivity contribution in [1.82, 2.24) is 13.7 Å². The molecule has 0 spiro atoms. The topological polar surface area (TPSA) is 75.5 Å². The fraction of sp³-hybridized carbons (Fsp3) is 0. The third-order valence-electron chi connectivity index (χ3n) is 11.5. The zero-order chi connectivity index (χ0) is 37.1. The number of nitrogens with zero attached hydrogens (tertiary/aromatic N) is 5. The molecular formula is C50H27N5O. The van der Waals surface area contributed by atoms with E-state index in [0.717, 1.165) is 77.4 Å². The Balaban J connectivity index is 1.15. The molecule has 0 aliphatic carbocycles. The standard InChI is InChI=1S/C50H27N5O/c51-28-30-14-20-45-39(24-30)40-25-31(29-52)15-21-46(40)53(45)33-16-22-47-41(26-33)42-27-34(17-23-48(42)56-47)55-44-13-7-5-11-36(44)38-19-18-37-35-10-4-6-12-43(35)54(49(37)50(38)55)32-8-2-1-3-9-32/h1-27H. The van der Waals surface area contributed by atoms with Gasteiger partial charge in [-0.3, -0.25) is 0 Å². The normalized spacial score (nSPS) is 11.9. The van der Waals surface area contributed by atoms with E-state index in [2.05, 4.69) is 147 Å². The van der Waals surface area contributed by atoms with Gasteiger partial charge in [-0.05, 0) is 97.1 Å². The van der Waals surface area contributed by atoms with E-state index >= 15 is 0 Å². The fourth-order valence-electron chi connectivity index (χ4n) is 9.09. The van der Waals surface area contributed by atoms with E-state index in [1.807, 2.05) is 42.5 Å². The van der Waals surface area contributed by atoms with Crippen molar-refractivity contribution in [3.63, 3.8) is 0 Å². The molecule has 0 amide bonds. The molecular weight excluding hydrogens is 687 g/mol. The second kappa shape index (κ2) is 11.2. The maximum absolute atomic E-state index is 9.73. The van der Waals surface area contributed by atoms with Gasteiger partial charge in [0.15, 0.2) is 0 Å². The molecule has 6 heteroatoms. The summed E-state index contributed by atoms with van der Waals surface area (Å²) in [4.78, 5) is 0. The van der Waals surface area contributed by atoms with Gasteiger partial charge in [0.05, 0.1) is 56.4 Å². The Morgan fingerprint density at radius 2 is 0.804 bits per heavy atom. The number of fused-ring (bicyclic) bond motifs is 13. The summed E-state index contributed by atoms with van der Waals surface area (Å²) in [5.41, 5.74) is 12.4. The SMILES string of the molecule is N#Cc1ccc2c(c1)c1cc(C#N)ccc1n2-c1ccc2oc3ccc(-n4c5ccccc5c5ccc6c7ccccc7n(-c7ccccc7)c6c54)cc3c2c1. The predicted octanol–water partition coefficient (Wildman–Crippen LogP) is 12.6. The van der Waals surface area contributed by atoms with Gasteiger partial charge in [-0.15, -0.1) is 0 Å². The van der Waals surface area contributed by atoms with Gasteiger partial charge in [0.2, 0.25) is 0 Å². The molecule has 0 saturated heterocycles. The number of hydrogen-bond acceptors (Lipinski definition) is 3. The van der Waals surface area contributed by atoms with Crippen LogP contribution in [-0.4, -0.2) is 13.7 Å². The maximum Gasteiger partial charge on any atom is 0.135 e. The van der Waals surface area contributed by atoms with Gasteiger partial charge < -0.3 is 18.1 Å². The first-order valence-electron chi connectivity index (χ1n) is 18.5. The lowest BCUT2D eigenvalue weighted by Crippen LogP contribution is -1.98. The summed E-state index contributed by atoms with van der Waals surface area (Å²) < 4.78 is 13.5. The molecule has 0 atom stereocenters. The van der Waals surface area contributed by atoms with Gasteiger partial charge in [-0.25, -0.2) is 0 Å². The Morgan fingerprint density at radius 3 is 1.34 bits per heavy atom. The zero-order valence-corrected chi connectivity index (χ0v) is 29.7. The monoisotopic (exact) mass is 713 g/mol. The quantitative estimate of drug-likeness (QED) is 0.183. The summed E-state index contributed by atoms with van der Waals surface area (Å²) >= 11 is 0. The molecule has 0 aliphatic heterocycles. The summed E-state index contributed by atoms with van der Waals surface area (Å²) in [6, 6.07) is 61.4. The van der Waals surface area contributed by atoms with Crippen molar-refractivity contribution in [2.45, 2.75) is 0 Å². The van der Waals surface area contributed by atoms with Crippen LogP contribution in [0.3, 0.4) is 0 Å². The van der Waals surface area contributed by atoms with Crippen LogP contribution in [0.1, 0.15) is 11.1 Å². The minimum absolute atomic E-state index is 0.578. The zero-order valence-electron chi connectivity index (χ0n) is 29.7. The van der Waals surface area contributed by atoms with Crippen molar-refractivity contribution in [3.05, 3.63) is 175 Å². The molecule has 6 nitrogen and oxygen atoms in total. The van der Waals surface area contributed by atoms with Crippen LogP contribution >= 0.6 is 0 Å². The molecule has 4 aromatic heterocycles. The summed E-state index contributed by atoms with van der Waals surface area (Å²) in [6.45, 7) is 0. The van der Waals surface area contributed by atoms with Crippen LogP contribution < -0.4 is 0 Å². The lowest BCUT2D eigenvalue weighted by atomic mass is 10.1. The van der Waals surface area contributed by atoms with Crippen LogP contribution in [0, 0.1) is 22.7 Å². The highest BCUT2D eigenvalue weighted by atomic mass is 16.3. The van der Waals surface area contributed by atoms with Crippen LogP contribution in [0.25, 0.3) is 104 Å². The van der Waals surface area contributed by atoms with Crippen LogP contribution in [0.15, 0.2) is 168 Å². The minimum Gasteiger partial charge on any atom is -0.456 e. The van der Waals surface area contributed by atoms with Crippen LogP contribution in [-0.2, 0) is 0 Å². The maximum atomic E-state index is 9.73. The molecule has 0 saturated carbocycles. The average molecular weight is 714 g/mol. The summed E-state index contributed by atoms with van der Waals surface area (Å²) in [7, 11) is 0. The molecule has 0 fully saturated rings. The molecule has 12 rings (SSSR count). The van der Waals surface area contributed by atoms with Crippen molar-refractivity contribution in [2.24, 2.45) is 0 Å². The molecule has 0 radical (unpaired) electrons. The van der Waals surface area contributed by atoms with Gasteiger partial charge in [-0.1, -0.05) is 66.7 Å². The van der Waals surface area contributed by atoms with Crippen LogP contribution in [0.2, 0.25) is 0 Å². The predicted molar refractivity (Wildman–Crippen MR) is 226 cm³/mol. The van der Waals surface area contributed by atoms with Gasteiger partial charge in [0.25, 0.3) is 0 Å². The van der Waals surface area contributed by atoms with Crippen molar-refractivity contribution >= 4 is 87.4 Å². The largest absolute Gasteiger partial charge is 0.456 e. The summed E-state index contributed by atoms with van der Waals surface area (Å²) in [6.07, 6.45) is 0. The second-order valence-electron chi connectivity index (χ2n) is 14.4. The molecule has 8 aromatic carbocycles. The molecule has 0 N–H and O–H groups in total. The van der Waals surface area contributed by atoms with Crippen LogP contribution in [0.5, 0.6) is 0 Å². The van der Waals surface area contributed by atoms with E-state index in [1.54, 1.807) is 0 Å². The van der Waals surface area contributed by atoms with E-state index in [1.165, 1.54) is 27.1 Å². The lowest BCUT2D eigenvalue weighted by Gasteiger charge is -2.12. The van der Waals surface area contributed by atoms with Gasteiger partial charge >= 0.3 is 0 Å². The molecule has 4 heterocycles. The van der Waals surface area contributed by atoms with Crippen molar-refractivity contribution < 1.29 is 4.42 Å². The number of hydrogen-bond donors (Lipinski definition) is 0.